The number of carbonyl (C=O) groups is 4. The highest BCUT2D eigenvalue weighted by Gasteiger charge is 2.30. The molecular formula is C66H128O17P2. The molecule has 2 unspecified atom stereocenters. The van der Waals surface area contributed by atoms with E-state index in [4.69, 9.17) is 37.0 Å². The van der Waals surface area contributed by atoms with Gasteiger partial charge < -0.3 is 33.8 Å². The summed E-state index contributed by atoms with van der Waals surface area (Å²) in [5, 5.41) is 10.5. The third kappa shape index (κ3) is 60.7. The van der Waals surface area contributed by atoms with Crippen LogP contribution >= 0.6 is 15.6 Å². The summed E-state index contributed by atoms with van der Waals surface area (Å²) in [6.07, 6.45) is 44.4. The Morgan fingerprint density at radius 3 is 0.800 bits per heavy atom. The number of aliphatic hydroxyl groups excluding tert-OH is 1. The quantitative estimate of drug-likeness (QED) is 0.0222. The first-order valence-electron chi connectivity index (χ1n) is 34.6. The van der Waals surface area contributed by atoms with Crippen molar-refractivity contribution in [1.82, 2.24) is 0 Å². The van der Waals surface area contributed by atoms with Crippen LogP contribution in [0.1, 0.15) is 336 Å². The van der Waals surface area contributed by atoms with E-state index in [1.54, 1.807) is 0 Å². The van der Waals surface area contributed by atoms with Gasteiger partial charge in [0.2, 0.25) is 0 Å². The van der Waals surface area contributed by atoms with Crippen molar-refractivity contribution in [2.24, 2.45) is 5.92 Å². The smallest absolute Gasteiger partial charge is 0.462 e. The van der Waals surface area contributed by atoms with Gasteiger partial charge in [-0.3, -0.25) is 37.3 Å². The molecule has 17 nitrogen and oxygen atoms in total. The topological polar surface area (TPSA) is 237 Å². The van der Waals surface area contributed by atoms with E-state index in [2.05, 4.69) is 34.6 Å². The third-order valence-electron chi connectivity index (χ3n) is 15.3. The molecule has 0 spiro atoms. The molecule has 3 N–H and O–H groups in total. The summed E-state index contributed by atoms with van der Waals surface area (Å²) in [4.78, 5) is 72.2. The predicted octanol–water partition coefficient (Wildman–Crippen LogP) is 18.6. The molecule has 0 radical (unpaired) electrons. The van der Waals surface area contributed by atoms with Crippen LogP contribution in [0.25, 0.3) is 0 Å². The van der Waals surface area contributed by atoms with Crippen LogP contribution < -0.4 is 0 Å². The van der Waals surface area contributed by atoms with Crippen molar-refractivity contribution in [2.75, 3.05) is 39.6 Å². The molecule has 0 saturated carbocycles. The number of phosphoric acid groups is 2. The number of hydrogen-bond donors (Lipinski definition) is 3. The fourth-order valence-electron chi connectivity index (χ4n) is 9.94. The maximum atomic E-state index is 13.0. The number of ether oxygens (including phenoxy) is 4. The number of hydrogen-bond acceptors (Lipinski definition) is 15. The number of phosphoric ester groups is 2. The highest BCUT2D eigenvalue weighted by atomic mass is 31.2. The molecule has 504 valence electrons. The highest BCUT2D eigenvalue weighted by molar-refractivity contribution is 7.47. The lowest BCUT2D eigenvalue weighted by molar-refractivity contribution is -0.161. The van der Waals surface area contributed by atoms with Gasteiger partial charge in [0.15, 0.2) is 12.2 Å². The number of esters is 4. The summed E-state index contributed by atoms with van der Waals surface area (Å²) >= 11 is 0. The Hall–Kier alpha value is -1.94. The zero-order valence-corrected chi connectivity index (χ0v) is 56.5. The van der Waals surface area contributed by atoms with Crippen LogP contribution in [0.2, 0.25) is 0 Å². The lowest BCUT2D eigenvalue weighted by Gasteiger charge is -2.21. The summed E-state index contributed by atoms with van der Waals surface area (Å²) in [5.41, 5.74) is 0. The van der Waals surface area contributed by atoms with Crippen molar-refractivity contribution in [3.05, 3.63) is 0 Å². The summed E-state index contributed by atoms with van der Waals surface area (Å²) in [6, 6.07) is 0. The van der Waals surface area contributed by atoms with E-state index < -0.39 is 97.5 Å². The Labute approximate surface area is 517 Å². The van der Waals surface area contributed by atoms with Crippen LogP contribution in [0.5, 0.6) is 0 Å². The molecule has 0 aliphatic heterocycles. The monoisotopic (exact) mass is 1250 g/mol. The summed E-state index contributed by atoms with van der Waals surface area (Å²) in [7, 11) is -9.88. The third-order valence-corrected chi connectivity index (χ3v) is 17.2. The first kappa shape index (κ1) is 83.1. The van der Waals surface area contributed by atoms with Gasteiger partial charge in [-0.2, -0.15) is 0 Å². The zero-order chi connectivity index (χ0) is 62.8. The zero-order valence-electron chi connectivity index (χ0n) is 54.7. The lowest BCUT2D eigenvalue weighted by atomic mass is 10.0. The summed E-state index contributed by atoms with van der Waals surface area (Å²) in [6.45, 7) is 7.18. The van der Waals surface area contributed by atoms with Crippen LogP contribution in [-0.2, 0) is 65.4 Å². The van der Waals surface area contributed by atoms with Crippen molar-refractivity contribution >= 4 is 39.5 Å². The standard InChI is InChI=1S/C66H128O17P2/c1-6-9-12-15-18-20-22-23-27-31-35-40-45-50-64(69)77-56-62(83-66(71)52-47-42-37-32-28-25-24-26-29-34-38-43-48-59(4)5)58-81-85(74,75)79-54-60(67)53-78-84(72,73)80-57-61(55-76-63(68)49-44-39-33-17-14-11-8-3)82-65(70)51-46-41-36-30-21-19-16-13-10-7-2/h59-62,67H,6-58H2,1-5H3,(H,72,73)(H,74,75)/t60-,61+,62+/m0/s1. The van der Waals surface area contributed by atoms with E-state index in [1.165, 1.54) is 148 Å². The minimum absolute atomic E-state index is 0.106. The SMILES string of the molecule is CCCCCCCCCCCCCCCC(=O)OC[C@H](COP(=O)(O)OC[C@@H](O)COP(=O)(O)OC[C@@H](COC(=O)CCCCCCCCC)OC(=O)CCCCCCCCCCCC)OC(=O)CCCCCCCCCCCCCCC(C)C. The molecule has 0 bridgehead atoms. The van der Waals surface area contributed by atoms with Gasteiger partial charge in [0.1, 0.15) is 19.3 Å². The van der Waals surface area contributed by atoms with Gasteiger partial charge in [0, 0.05) is 25.7 Å². The molecule has 0 amide bonds. The second-order valence-electron chi connectivity index (χ2n) is 24.3. The van der Waals surface area contributed by atoms with Crippen LogP contribution in [0.15, 0.2) is 0 Å². The maximum Gasteiger partial charge on any atom is 0.472 e. The summed E-state index contributed by atoms with van der Waals surface area (Å²) < 4.78 is 68.0. The molecule has 85 heavy (non-hydrogen) atoms. The molecule has 0 aliphatic carbocycles. The number of carbonyl (C=O) groups excluding carboxylic acids is 4. The van der Waals surface area contributed by atoms with E-state index in [1.807, 2.05) is 0 Å². The van der Waals surface area contributed by atoms with Gasteiger partial charge in [-0.1, -0.05) is 285 Å². The Morgan fingerprint density at radius 1 is 0.318 bits per heavy atom. The Bertz CT molecular complexity index is 1650. The fourth-order valence-corrected chi connectivity index (χ4v) is 11.5. The normalized spacial score (nSPS) is 14.2. The molecule has 0 saturated heterocycles. The molecule has 0 fully saturated rings. The molecule has 0 aromatic rings. The summed E-state index contributed by atoms with van der Waals surface area (Å²) in [5.74, 6) is -1.36. The molecule has 0 rings (SSSR count). The van der Waals surface area contributed by atoms with E-state index in [0.29, 0.717) is 25.7 Å². The average Bonchev–Trinajstić information content (AvgIpc) is 3.55. The van der Waals surface area contributed by atoms with E-state index in [0.717, 1.165) is 109 Å². The molecule has 19 heteroatoms. The molecular weight excluding hydrogens is 1130 g/mol. The average molecular weight is 1260 g/mol. The largest absolute Gasteiger partial charge is 0.472 e. The van der Waals surface area contributed by atoms with Gasteiger partial charge in [0.05, 0.1) is 26.4 Å². The molecule has 0 aromatic carbocycles. The van der Waals surface area contributed by atoms with Gasteiger partial charge >= 0.3 is 39.5 Å². The van der Waals surface area contributed by atoms with E-state index >= 15 is 0 Å². The van der Waals surface area contributed by atoms with Crippen molar-refractivity contribution in [2.45, 2.75) is 355 Å². The van der Waals surface area contributed by atoms with Crippen molar-refractivity contribution in [3.8, 4) is 0 Å². The minimum Gasteiger partial charge on any atom is -0.462 e. The molecule has 0 heterocycles. The Balaban J connectivity index is 5.21. The molecule has 5 atom stereocenters. The van der Waals surface area contributed by atoms with Crippen LogP contribution in [0.4, 0.5) is 0 Å². The Morgan fingerprint density at radius 2 is 0.541 bits per heavy atom. The second kappa shape index (κ2) is 59.7. The van der Waals surface area contributed by atoms with Crippen LogP contribution in [0, 0.1) is 5.92 Å². The number of rotatable bonds is 66. The first-order valence-corrected chi connectivity index (χ1v) is 37.6. The molecule has 0 aromatic heterocycles. The second-order valence-corrected chi connectivity index (χ2v) is 27.2. The van der Waals surface area contributed by atoms with Crippen molar-refractivity contribution in [1.29, 1.82) is 0 Å². The Kier molecular flexibility index (Phi) is 58.3. The van der Waals surface area contributed by atoms with Gasteiger partial charge in [-0.25, -0.2) is 9.13 Å². The lowest BCUT2D eigenvalue weighted by Crippen LogP contribution is -2.30. The molecule has 0 aliphatic rings. The number of aliphatic hydroxyl groups is 1. The maximum absolute atomic E-state index is 13.0. The first-order chi connectivity index (χ1) is 41.0. The van der Waals surface area contributed by atoms with Gasteiger partial charge in [0.25, 0.3) is 0 Å². The van der Waals surface area contributed by atoms with E-state index in [-0.39, 0.29) is 25.7 Å². The van der Waals surface area contributed by atoms with Crippen LogP contribution in [-0.4, -0.2) is 96.7 Å². The highest BCUT2D eigenvalue weighted by Crippen LogP contribution is 2.45. The van der Waals surface area contributed by atoms with E-state index in [9.17, 15) is 43.2 Å². The number of unbranched alkanes of at least 4 members (excludes halogenated alkanes) is 38. The van der Waals surface area contributed by atoms with Gasteiger partial charge in [-0.05, 0) is 31.6 Å². The minimum atomic E-state index is -4.95. The fraction of sp³-hybridized carbons (Fsp3) is 0.939. The predicted molar refractivity (Wildman–Crippen MR) is 340 cm³/mol. The van der Waals surface area contributed by atoms with Crippen LogP contribution in [0.3, 0.4) is 0 Å². The van der Waals surface area contributed by atoms with Gasteiger partial charge in [-0.15, -0.1) is 0 Å². The van der Waals surface area contributed by atoms with Crippen molar-refractivity contribution < 1.29 is 80.2 Å². The van der Waals surface area contributed by atoms with Crippen molar-refractivity contribution in [3.63, 3.8) is 0 Å².